The monoisotopic (exact) mass is 249 g/mol. The van der Waals surface area contributed by atoms with Crippen LogP contribution in [0.4, 0.5) is 0 Å². The third-order valence-corrected chi connectivity index (χ3v) is 2.59. The van der Waals surface area contributed by atoms with Crippen molar-refractivity contribution in [1.29, 1.82) is 0 Å². The van der Waals surface area contributed by atoms with Crippen LogP contribution in [0.3, 0.4) is 0 Å². The molecule has 0 saturated heterocycles. The second-order valence-electron chi connectivity index (χ2n) is 4.00. The van der Waals surface area contributed by atoms with Crippen LogP contribution in [0.2, 0.25) is 0 Å². The van der Waals surface area contributed by atoms with Crippen LogP contribution >= 0.6 is 0 Å². The van der Waals surface area contributed by atoms with E-state index in [1.54, 1.807) is 10.9 Å². The number of aliphatic hydroxyl groups excluding tert-OH is 2. The van der Waals surface area contributed by atoms with Crippen molar-refractivity contribution in [2.24, 2.45) is 0 Å². The zero-order valence-corrected chi connectivity index (χ0v) is 9.78. The molecule has 0 aliphatic heterocycles. The zero-order chi connectivity index (χ0) is 13.0. The minimum absolute atomic E-state index is 0.0436. The number of imidazole rings is 1. The molecule has 1 atom stereocenters. The quantitative estimate of drug-likeness (QED) is 0.667. The summed E-state index contributed by atoms with van der Waals surface area (Å²) >= 11 is 0. The fourth-order valence-electron chi connectivity index (χ4n) is 1.64. The molecular weight excluding hydrogens is 234 g/mol. The van der Waals surface area contributed by atoms with Gasteiger partial charge in [0.1, 0.15) is 6.54 Å². The number of hydrogen-bond acceptors (Lipinski definition) is 4. The first kappa shape index (κ1) is 12.5. The van der Waals surface area contributed by atoms with Crippen molar-refractivity contribution in [1.82, 2.24) is 14.9 Å². The van der Waals surface area contributed by atoms with Gasteiger partial charge < -0.3 is 20.1 Å². The van der Waals surface area contributed by atoms with E-state index in [4.69, 9.17) is 10.2 Å². The van der Waals surface area contributed by atoms with Crippen LogP contribution < -0.4 is 5.32 Å². The van der Waals surface area contributed by atoms with Gasteiger partial charge in [0.15, 0.2) is 0 Å². The van der Waals surface area contributed by atoms with E-state index in [1.165, 1.54) is 0 Å². The van der Waals surface area contributed by atoms with Gasteiger partial charge in [-0.3, -0.25) is 4.79 Å². The van der Waals surface area contributed by atoms with Crippen molar-refractivity contribution >= 4 is 16.9 Å². The van der Waals surface area contributed by atoms with E-state index in [1.807, 2.05) is 24.3 Å². The Morgan fingerprint density at radius 1 is 1.44 bits per heavy atom. The van der Waals surface area contributed by atoms with E-state index < -0.39 is 6.10 Å². The maximum absolute atomic E-state index is 11.6. The maximum Gasteiger partial charge on any atom is 0.240 e. The maximum atomic E-state index is 11.6. The third-order valence-electron chi connectivity index (χ3n) is 2.59. The number of nitrogens with zero attached hydrogens (tertiary/aromatic N) is 2. The molecule has 0 saturated carbocycles. The molecule has 6 heteroatoms. The summed E-state index contributed by atoms with van der Waals surface area (Å²) in [6.07, 6.45) is 0.681. The summed E-state index contributed by atoms with van der Waals surface area (Å²) in [5.41, 5.74) is 1.72. The molecule has 6 nitrogen and oxygen atoms in total. The number of carbonyl (C=O) groups excluding carboxylic acids is 1. The molecule has 2 aromatic rings. The molecule has 0 aliphatic carbocycles. The molecule has 1 heterocycles. The molecule has 0 spiro atoms. The number of para-hydroxylation sites is 2. The smallest absolute Gasteiger partial charge is 0.240 e. The zero-order valence-electron chi connectivity index (χ0n) is 9.78. The number of aromatic nitrogens is 2. The van der Waals surface area contributed by atoms with Crippen LogP contribution in [0.1, 0.15) is 0 Å². The lowest BCUT2D eigenvalue weighted by molar-refractivity contribution is -0.122. The first-order valence-corrected chi connectivity index (χ1v) is 5.66. The van der Waals surface area contributed by atoms with E-state index in [-0.39, 0.29) is 25.6 Å². The predicted octanol–water partition coefficient (Wildman–Crippen LogP) is -0.494. The van der Waals surface area contributed by atoms with Gasteiger partial charge in [0.25, 0.3) is 0 Å². The van der Waals surface area contributed by atoms with Gasteiger partial charge in [-0.1, -0.05) is 12.1 Å². The highest BCUT2D eigenvalue weighted by Crippen LogP contribution is 2.11. The number of aliphatic hydroxyl groups is 2. The van der Waals surface area contributed by atoms with Crippen molar-refractivity contribution < 1.29 is 15.0 Å². The van der Waals surface area contributed by atoms with Crippen molar-refractivity contribution in [2.45, 2.75) is 12.6 Å². The molecule has 0 fully saturated rings. The molecule has 0 radical (unpaired) electrons. The number of nitrogens with one attached hydrogen (secondary N) is 1. The van der Waals surface area contributed by atoms with E-state index in [2.05, 4.69) is 10.3 Å². The summed E-state index contributed by atoms with van der Waals surface area (Å²) in [4.78, 5) is 15.8. The molecule has 18 heavy (non-hydrogen) atoms. The van der Waals surface area contributed by atoms with E-state index in [9.17, 15) is 4.79 Å². The Kier molecular flexibility index (Phi) is 3.91. The van der Waals surface area contributed by atoms with Crippen LogP contribution in [0, 0.1) is 0 Å². The van der Waals surface area contributed by atoms with E-state index >= 15 is 0 Å². The average molecular weight is 249 g/mol. The first-order valence-electron chi connectivity index (χ1n) is 5.66. The second-order valence-corrected chi connectivity index (χ2v) is 4.00. The number of carbonyl (C=O) groups is 1. The van der Waals surface area contributed by atoms with E-state index in [0.29, 0.717) is 0 Å². The molecule has 1 aromatic carbocycles. The van der Waals surface area contributed by atoms with Crippen LogP contribution in [0.5, 0.6) is 0 Å². The number of rotatable bonds is 5. The van der Waals surface area contributed by atoms with Gasteiger partial charge in [0.05, 0.1) is 30.1 Å². The van der Waals surface area contributed by atoms with Gasteiger partial charge in [-0.05, 0) is 12.1 Å². The van der Waals surface area contributed by atoms with Gasteiger partial charge in [-0.2, -0.15) is 0 Å². The summed E-state index contributed by atoms with van der Waals surface area (Å²) in [6.45, 7) is -0.186. The summed E-state index contributed by atoms with van der Waals surface area (Å²) in [7, 11) is 0. The van der Waals surface area contributed by atoms with Gasteiger partial charge >= 0.3 is 0 Å². The molecule has 0 bridgehead atoms. The van der Waals surface area contributed by atoms with Crippen molar-refractivity contribution in [2.75, 3.05) is 13.2 Å². The lowest BCUT2D eigenvalue weighted by Crippen LogP contribution is -2.35. The molecule has 3 N–H and O–H groups in total. The number of fused-ring (bicyclic) bond motifs is 1. The largest absolute Gasteiger partial charge is 0.394 e. The lowest BCUT2D eigenvalue weighted by Gasteiger charge is -2.09. The highest BCUT2D eigenvalue weighted by molar-refractivity contribution is 5.80. The summed E-state index contributed by atoms with van der Waals surface area (Å²) in [5, 5.41) is 20.3. The van der Waals surface area contributed by atoms with Crippen LogP contribution in [0.25, 0.3) is 11.0 Å². The molecule has 96 valence electrons. The van der Waals surface area contributed by atoms with Crippen molar-refractivity contribution in [3.05, 3.63) is 30.6 Å². The fourth-order valence-corrected chi connectivity index (χ4v) is 1.64. The van der Waals surface area contributed by atoms with Crippen LogP contribution in [0.15, 0.2) is 30.6 Å². The standard InChI is InChI=1S/C12H15N3O3/c16-7-9(17)5-13-12(18)6-15-8-14-10-3-1-2-4-11(10)15/h1-4,8-9,16-17H,5-7H2,(H,13,18). The Morgan fingerprint density at radius 3 is 3.00 bits per heavy atom. The fraction of sp³-hybridized carbons (Fsp3) is 0.333. The lowest BCUT2D eigenvalue weighted by atomic mass is 10.3. The van der Waals surface area contributed by atoms with E-state index in [0.717, 1.165) is 11.0 Å². The normalized spacial score (nSPS) is 12.6. The van der Waals surface area contributed by atoms with Crippen LogP contribution in [-0.2, 0) is 11.3 Å². The van der Waals surface area contributed by atoms with Crippen molar-refractivity contribution in [3.8, 4) is 0 Å². The molecule has 2 rings (SSSR count). The van der Waals surface area contributed by atoms with Gasteiger partial charge in [0.2, 0.25) is 5.91 Å². The Labute approximate surface area is 104 Å². The first-order chi connectivity index (χ1) is 8.70. The molecular formula is C12H15N3O3. The van der Waals surface area contributed by atoms with Crippen molar-refractivity contribution in [3.63, 3.8) is 0 Å². The van der Waals surface area contributed by atoms with Crippen LogP contribution in [-0.4, -0.2) is 44.9 Å². The summed E-state index contributed by atoms with van der Waals surface area (Å²) in [6, 6.07) is 7.53. The molecule has 1 unspecified atom stereocenters. The van der Waals surface area contributed by atoms with Gasteiger partial charge in [-0.15, -0.1) is 0 Å². The highest BCUT2D eigenvalue weighted by atomic mass is 16.3. The summed E-state index contributed by atoms with van der Waals surface area (Å²) in [5.74, 6) is -0.231. The van der Waals surface area contributed by atoms with Gasteiger partial charge in [0, 0.05) is 6.54 Å². The Bertz CT molecular complexity index is 538. The highest BCUT2D eigenvalue weighted by Gasteiger charge is 2.08. The molecule has 0 aliphatic rings. The second kappa shape index (κ2) is 5.61. The average Bonchev–Trinajstić information content (AvgIpc) is 2.79. The SMILES string of the molecule is O=C(Cn1cnc2ccccc21)NCC(O)CO. The van der Waals surface area contributed by atoms with Gasteiger partial charge in [-0.25, -0.2) is 4.98 Å². The number of hydrogen-bond donors (Lipinski definition) is 3. The Hall–Kier alpha value is -1.92. The predicted molar refractivity (Wildman–Crippen MR) is 65.8 cm³/mol. The minimum atomic E-state index is -0.923. The Balaban J connectivity index is 1.99. The summed E-state index contributed by atoms with van der Waals surface area (Å²) < 4.78 is 1.73. The number of benzene rings is 1. The number of amides is 1. The third kappa shape index (κ3) is 2.85. The molecule has 1 aromatic heterocycles. The topological polar surface area (TPSA) is 87.4 Å². The minimum Gasteiger partial charge on any atom is -0.394 e. The molecule has 1 amide bonds. The Morgan fingerprint density at radius 2 is 2.22 bits per heavy atom.